The quantitative estimate of drug-likeness (QED) is 0.663. The fraction of sp³-hybridized carbons (Fsp3) is 0.304. The third-order valence-electron chi connectivity index (χ3n) is 5.21. The number of aromatic nitrogens is 3. The minimum absolute atomic E-state index is 0.101. The van der Waals surface area contributed by atoms with Crippen LogP contribution in [0.15, 0.2) is 54.7 Å². The van der Waals surface area contributed by atoms with Gasteiger partial charge in [-0.15, -0.1) is 0 Å². The van der Waals surface area contributed by atoms with Crippen molar-refractivity contribution < 1.29 is 9.59 Å². The molecule has 0 radical (unpaired) electrons. The lowest BCUT2D eigenvalue weighted by Gasteiger charge is -2.17. The van der Waals surface area contributed by atoms with Crippen LogP contribution in [0.25, 0.3) is 5.82 Å². The minimum atomic E-state index is -0.475. The molecule has 1 saturated heterocycles. The number of nitrogens with one attached hydrogen (secondary N) is 1. The number of rotatable bonds is 4. The van der Waals surface area contributed by atoms with Gasteiger partial charge in [0.25, 0.3) is 0 Å². The number of carbonyl (C=O) groups excluding carboxylic acids is 2. The van der Waals surface area contributed by atoms with Crippen molar-refractivity contribution in [2.75, 3.05) is 16.8 Å². The first-order valence-electron chi connectivity index (χ1n) is 10.1. The third kappa shape index (κ3) is 4.46. The molecule has 1 atom stereocenters. The van der Waals surface area contributed by atoms with Crippen LogP contribution in [0.5, 0.6) is 0 Å². The van der Waals surface area contributed by atoms with Gasteiger partial charge in [-0.3, -0.25) is 9.59 Å². The summed E-state index contributed by atoms with van der Waals surface area (Å²) in [7, 11) is 0. The van der Waals surface area contributed by atoms with Crippen LogP contribution in [0.4, 0.5) is 11.5 Å². The number of pyridine rings is 1. The summed E-state index contributed by atoms with van der Waals surface area (Å²) >= 11 is 6.06. The first-order chi connectivity index (χ1) is 14.7. The van der Waals surface area contributed by atoms with Gasteiger partial charge in [0.05, 0.1) is 11.6 Å². The number of nitrogens with zero attached hydrogens (tertiary/aromatic N) is 4. The van der Waals surface area contributed by atoms with Gasteiger partial charge in [0.1, 0.15) is 5.82 Å². The number of hydrogen-bond acceptors (Lipinski definition) is 4. The van der Waals surface area contributed by atoms with Gasteiger partial charge in [-0.1, -0.05) is 44.5 Å². The van der Waals surface area contributed by atoms with Crippen molar-refractivity contribution in [2.45, 2.75) is 32.6 Å². The third-order valence-corrected chi connectivity index (χ3v) is 5.45. The smallest absolute Gasteiger partial charge is 0.230 e. The van der Waals surface area contributed by atoms with Gasteiger partial charge >= 0.3 is 0 Å². The SMILES string of the molecule is CC(C)(C)c1cc(NC(=O)C2CC(=O)N(c3cccc(Cl)c3)C2)n(-c2ccccn2)n1. The van der Waals surface area contributed by atoms with Crippen LogP contribution >= 0.6 is 11.6 Å². The number of anilines is 2. The summed E-state index contributed by atoms with van der Waals surface area (Å²) in [5, 5.41) is 8.18. The van der Waals surface area contributed by atoms with Crippen LogP contribution in [-0.4, -0.2) is 33.1 Å². The highest BCUT2D eigenvalue weighted by atomic mass is 35.5. The van der Waals surface area contributed by atoms with Gasteiger partial charge in [-0.2, -0.15) is 9.78 Å². The van der Waals surface area contributed by atoms with Crippen LogP contribution in [0.3, 0.4) is 0 Å². The van der Waals surface area contributed by atoms with Gasteiger partial charge in [-0.25, -0.2) is 4.98 Å². The number of halogens is 1. The van der Waals surface area contributed by atoms with E-state index in [1.54, 1.807) is 34.0 Å². The Morgan fingerprint density at radius 3 is 2.65 bits per heavy atom. The zero-order chi connectivity index (χ0) is 22.2. The summed E-state index contributed by atoms with van der Waals surface area (Å²) in [6.45, 7) is 6.47. The highest BCUT2D eigenvalue weighted by Gasteiger charge is 2.36. The average Bonchev–Trinajstić information content (AvgIpc) is 3.32. The number of carbonyl (C=O) groups is 2. The minimum Gasteiger partial charge on any atom is -0.312 e. The summed E-state index contributed by atoms with van der Waals surface area (Å²) < 4.78 is 1.63. The fourth-order valence-corrected chi connectivity index (χ4v) is 3.68. The first kappa shape index (κ1) is 21.1. The van der Waals surface area contributed by atoms with Gasteiger partial charge in [0, 0.05) is 41.4 Å². The van der Waals surface area contributed by atoms with E-state index in [4.69, 9.17) is 11.6 Å². The van der Waals surface area contributed by atoms with Gasteiger partial charge < -0.3 is 10.2 Å². The number of benzene rings is 1. The van der Waals surface area contributed by atoms with Crippen molar-refractivity contribution in [3.05, 3.63) is 65.4 Å². The van der Waals surface area contributed by atoms with E-state index in [1.807, 2.05) is 30.3 Å². The largest absolute Gasteiger partial charge is 0.312 e. The highest BCUT2D eigenvalue weighted by molar-refractivity contribution is 6.31. The van der Waals surface area contributed by atoms with Crippen LogP contribution in [0, 0.1) is 5.92 Å². The Morgan fingerprint density at radius 1 is 1.16 bits per heavy atom. The Hall–Kier alpha value is -3.19. The molecule has 1 N–H and O–H groups in total. The lowest BCUT2D eigenvalue weighted by molar-refractivity contribution is -0.122. The molecule has 1 fully saturated rings. The maximum atomic E-state index is 13.1. The molecule has 1 aliphatic rings. The molecular formula is C23H24ClN5O2. The molecule has 0 spiro atoms. The Kier molecular flexibility index (Phi) is 5.54. The monoisotopic (exact) mass is 437 g/mol. The summed E-state index contributed by atoms with van der Waals surface area (Å²) in [5.74, 6) is 0.335. The van der Waals surface area contributed by atoms with Crippen molar-refractivity contribution in [1.29, 1.82) is 0 Å². The van der Waals surface area contributed by atoms with Crippen molar-refractivity contribution in [1.82, 2.24) is 14.8 Å². The highest BCUT2D eigenvalue weighted by Crippen LogP contribution is 2.29. The van der Waals surface area contributed by atoms with Crippen LogP contribution in [0.2, 0.25) is 5.02 Å². The number of amides is 2. The van der Waals surface area contributed by atoms with Crippen molar-refractivity contribution in [3.8, 4) is 5.82 Å². The van der Waals surface area contributed by atoms with Gasteiger partial charge in [0.2, 0.25) is 11.8 Å². The fourth-order valence-electron chi connectivity index (χ4n) is 3.50. The van der Waals surface area contributed by atoms with Crippen molar-refractivity contribution >= 4 is 34.9 Å². The summed E-state index contributed by atoms with van der Waals surface area (Å²) in [6.07, 6.45) is 1.82. The molecule has 2 aromatic heterocycles. The summed E-state index contributed by atoms with van der Waals surface area (Å²) in [6, 6.07) is 14.5. The number of hydrogen-bond donors (Lipinski definition) is 1. The summed E-state index contributed by atoms with van der Waals surface area (Å²) in [5.41, 5.74) is 1.32. The van der Waals surface area contributed by atoms with Gasteiger partial charge in [-0.05, 0) is 30.3 Å². The van der Waals surface area contributed by atoms with E-state index >= 15 is 0 Å². The molecule has 160 valence electrons. The maximum Gasteiger partial charge on any atom is 0.230 e. The molecule has 31 heavy (non-hydrogen) atoms. The molecule has 8 heteroatoms. The predicted molar refractivity (Wildman–Crippen MR) is 121 cm³/mol. The topological polar surface area (TPSA) is 80.1 Å². The zero-order valence-electron chi connectivity index (χ0n) is 17.7. The first-order valence-corrected chi connectivity index (χ1v) is 10.5. The van der Waals surface area contributed by atoms with E-state index in [0.29, 0.717) is 28.9 Å². The molecule has 3 aromatic rings. The molecule has 1 unspecified atom stereocenters. The Balaban J connectivity index is 1.57. The second-order valence-corrected chi connectivity index (χ2v) is 9.08. The Bertz CT molecular complexity index is 1120. The molecule has 0 aliphatic carbocycles. The standard InChI is InChI=1S/C23H24ClN5O2/c1-23(2,3)18-13-20(29(27-18)19-9-4-5-10-25-19)26-22(31)15-11-21(30)28(14-15)17-8-6-7-16(24)12-17/h4-10,12-13,15H,11,14H2,1-3H3,(H,26,31). The van der Waals surface area contributed by atoms with E-state index in [0.717, 1.165) is 5.69 Å². The van der Waals surface area contributed by atoms with E-state index < -0.39 is 5.92 Å². The van der Waals surface area contributed by atoms with E-state index in [-0.39, 0.29) is 23.7 Å². The molecule has 7 nitrogen and oxygen atoms in total. The zero-order valence-corrected chi connectivity index (χ0v) is 18.4. The lowest BCUT2D eigenvalue weighted by atomic mass is 9.92. The van der Waals surface area contributed by atoms with Crippen LogP contribution in [-0.2, 0) is 15.0 Å². The van der Waals surface area contributed by atoms with E-state index in [9.17, 15) is 9.59 Å². The predicted octanol–water partition coefficient (Wildman–Crippen LogP) is 4.21. The second kappa shape index (κ2) is 8.15. The molecule has 2 amide bonds. The molecule has 0 saturated carbocycles. The summed E-state index contributed by atoms with van der Waals surface area (Å²) in [4.78, 5) is 31.6. The lowest BCUT2D eigenvalue weighted by Crippen LogP contribution is -2.28. The Labute approximate surface area is 186 Å². The normalized spacial score (nSPS) is 16.6. The molecule has 3 heterocycles. The Morgan fingerprint density at radius 2 is 1.97 bits per heavy atom. The average molecular weight is 438 g/mol. The van der Waals surface area contributed by atoms with Gasteiger partial charge in [0.15, 0.2) is 5.82 Å². The van der Waals surface area contributed by atoms with Crippen molar-refractivity contribution in [3.63, 3.8) is 0 Å². The maximum absolute atomic E-state index is 13.1. The molecule has 1 aliphatic heterocycles. The molecule has 4 rings (SSSR count). The van der Waals surface area contributed by atoms with Crippen LogP contribution < -0.4 is 10.2 Å². The molecule has 1 aromatic carbocycles. The van der Waals surface area contributed by atoms with Crippen molar-refractivity contribution in [2.24, 2.45) is 5.92 Å². The van der Waals surface area contributed by atoms with E-state index in [2.05, 4.69) is 36.2 Å². The van der Waals surface area contributed by atoms with Crippen LogP contribution in [0.1, 0.15) is 32.9 Å². The second-order valence-electron chi connectivity index (χ2n) is 8.64. The van der Waals surface area contributed by atoms with E-state index in [1.165, 1.54) is 0 Å². The molecule has 0 bridgehead atoms. The molecular weight excluding hydrogens is 414 g/mol.